The zero-order valence-corrected chi connectivity index (χ0v) is 4.91. The molecule has 1 aliphatic rings. The van der Waals surface area contributed by atoms with Crippen LogP contribution in [-0.4, -0.2) is 12.6 Å². The van der Waals surface area contributed by atoms with Crippen LogP contribution in [0, 0.1) is 0 Å². The molecule has 1 aliphatic heterocycles. The van der Waals surface area contributed by atoms with Gasteiger partial charge >= 0.3 is 13.7 Å². The van der Waals surface area contributed by atoms with E-state index in [2.05, 4.69) is 9.05 Å². The maximum absolute atomic E-state index is 10.0. The van der Waals surface area contributed by atoms with E-state index in [1.807, 2.05) is 0 Å². The lowest BCUT2D eigenvalue weighted by Crippen LogP contribution is -1.94. The lowest BCUT2D eigenvalue weighted by molar-refractivity contribution is -0.131. The largest absolute Gasteiger partial charge is 0.402 e. The summed E-state index contributed by atoms with van der Waals surface area (Å²) in [7, 11) is -1.38. The van der Waals surface area contributed by atoms with Gasteiger partial charge in [0.2, 0.25) is 0 Å². The fourth-order valence-corrected chi connectivity index (χ4v) is 1.09. The van der Waals surface area contributed by atoms with Crippen molar-refractivity contribution in [2.75, 3.05) is 6.61 Å². The Hall–Kier alpha value is 0.150. The van der Waals surface area contributed by atoms with Gasteiger partial charge in [-0.05, 0) is 11.2 Å². The van der Waals surface area contributed by atoms with Gasteiger partial charge in [-0.2, -0.15) is 0 Å². The number of rotatable bonds is 0. The molecule has 0 saturated carbocycles. The van der Waals surface area contributed by atoms with Crippen LogP contribution in [0.15, 0.2) is 0 Å². The van der Waals surface area contributed by atoms with E-state index in [1.165, 1.54) is 0 Å². The predicted molar refractivity (Wildman–Crippen MR) is 24.8 cm³/mol. The Morgan fingerprint density at radius 3 is 2.71 bits per heavy atom. The second kappa shape index (κ2) is 1.95. The van der Waals surface area contributed by atoms with Gasteiger partial charge in [-0.15, -0.1) is 0 Å². The number of hydrogen-bond donors (Lipinski definition) is 0. The van der Waals surface area contributed by atoms with Crippen molar-refractivity contribution in [3.8, 4) is 0 Å². The third kappa shape index (κ3) is 1.27. The third-order valence-electron chi connectivity index (χ3n) is 0.457. The van der Waals surface area contributed by atoms with Crippen molar-refractivity contribution < 1.29 is 13.8 Å². The minimum atomic E-state index is -1.38. The average Bonchev–Trinajstić information content (AvgIpc) is 1.87. The summed E-state index contributed by atoms with van der Waals surface area (Å²) in [5.41, 5.74) is 0. The summed E-state index contributed by atoms with van der Waals surface area (Å²) in [6.07, 6.45) is 0. The second-order valence-corrected chi connectivity index (χ2v) is 2.64. The molecule has 1 fully saturated rings. The van der Waals surface area contributed by atoms with Crippen molar-refractivity contribution in [1.29, 1.82) is 0 Å². The minimum absolute atomic E-state index is 0.00913. The third-order valence-corrected chi connectivity index (χ3v) is 1.64. The Kier molecular flexibility index (Phi) is 1.47. The van der Waals surface area contributed by atoms with Crippen molar-refractivity contribution >= 4 is 24.9 Å². The smallest absolute Gasteiger partial charge is 0.341 e. The molecule has 0 radical (unpaired) electrons. The summed E-state index contributed by atoms with van der Waals surface area (Å²) < 4.78 is 8.85. The van der Waals surface area contributed by atoms with E-state index >= 15 is 0 Å². The van der Waals surface area contributed by atoms with Crippen molar-refractivity contribution in [2.24, 2.45) is 0 Å². The Morgan fingerprint density at radius 1 is 1.86 bits per heavy atom. The van der Waals surface area contributed by atoms with Gasteiger partial charge in [0.05, 0.1) is 0 Å². The van der Waals surface area contributed by atoms with Gasteiger partial charge in [0.15, 0.2) is 6.61 Å². The Balaban J connectivity index is 2.40. The molecule has 40 valence electrons. The van der Waals surface area contributed by atoms with Gasteiger partial charge in [0, 0.05) is 0 Å². The standard InChI is InChI=1S/C2H2ClO3P/c3-7-5-1-2(4)6-7/h1H2. The van der Waals surface area contributed by atoms with Crippen LogP contribution in [0.3, 0.4) is 0 Å². The molecule has 1 heterocycles. The van der Waals surface area contributed by atoms with Gasteiger partial charge in [0.1, 0.15) is 0 Å². The molecule has 5 heteroatoms. The highest BCUT2D eigenvalue weighted by molar-refractivity contribution is 7.76. The van der Waals surface area contributed by atoms with Crippen LogP contribution in [0.5, 0.6) is 0 Å². The molecule has 0 aromatic rings. The molecule has 3 nitrogen and oxygen atoms in total. The average molecular weight is 140 g/mol. The summed E-state index contributed by atoms with van der Waals surface area (Å²) in [6, 6.07) is 0. The van der Waals surface area contributed by atoms with Gasteiger partial charge in [-0.25, -0.2) is 4.79 Å². The Bertz CT molecular complexity index is 94.9. The van der Waals surface area contributed by atoms with Crippen molar-refractivity contribution in [3.63, 3.8) is 0 Å². The Labute approximate surface area is 46.3 Å². The zero-order valence-electron chi connectivity index (χ0n) is 3.26. The van der Waals surface area contributed by atoms with E-state index in [4.69, 9.17) is 11.2 Å². The molecule has 0 N–H and O–H groups in total. The quantitative estimate of drug-likeness (QED) is 0.472. The van der Waals surface area contributed by atoms with Crippen LogP contribution in [0.1, 0.15) is 0 Å². The van der Waals surface area contributed by atoms with E-state index in [9.17, 15) is 4.79 Å². The maximum Gasteiger partial charge on any atom is 0.341 e. The number of carbonyl (C=O) groups excluding carboxylic acids is 1. The molecule has 0 aromatic carbocycles. The molecule has 0 amide bonds. The van der Waals surface area contributed by atoms with Gasteiger partial charge in [-0.1, -0.05) is 0 Å². The van der Waals surface area contributed by atoms with E-state index < -0.39 is 7.73 Å². The number of halogens is 1. The van der Waals surface area contributed by atoms with Crippen LogP contribution >= 0.6 is 19.0 Å². The van der Waals surface area contributed by atoms with E-state index in [0.717, 1.165) is 0 Å². The first-order chi connectivity index (χ1) is 3.29. The second-order valence-electron chi connectivity index (χ2n) is 0.949. The molecular formula is C2H2ClO3P. The molecule has 1 saturated heterocycles. The lowest BCUT2D eigenvalue weighted by Gasteiger charge is -1.88. The van der Waals surface area contributed by atoms with Crippen LogP contribution < -0.4 is 0 Å². The fourth-order valence-electron chi connectivity index (χ4n) is 0.236. The molecule has 0 aromatic heterocycles. The Morgan fingerprint density at radius 2 is 2.57 bits per heavy atom. The van der Waals surface area contributed by atoms with E-state index in [-0.39, 0.29) is 12.6 Å². The molecule has 7 heavy (non-hydrogen) atoms. The van der Waals surface area contributed by atoms with Crippen molar-refractivity contribution in [2.45, 2.75) is 0 Å². The van der Waals surface area contributed by atoms with Crippen LogP contribution in [-0.2, 0) is 13.8 Å². The highest BCUT2D eigenvalue weighted by atomic mass is 35.7. The molecule has 0 bridgehead atoms. The summed E-state index contributed by atoms with van der Waals surface area (Å²) in [6.45, 7) is 0.00913. The molecule has 1 unspecified atom stereocenters. The summed E-state index contributed by atoms with van der Waals surface area (Å²) >= 11 is 5.21. The zero-order chi connectivity index (χ0) is 5.28. The van der Waals surface area contributed by atoms with Crippen LogP contribution in [0.2, 0.25) is 0 Å². The maximum atomic E-state index is 10.0. The molecule has 0 spiro atoms. The summed E-state index contributed by atoms with van der Waals surface area (Å²) in [4.78, 5) is 10.0. The first kappa shape index (κ1) is 5.29. The van der Waals surface area contributed by atoms with Crippen LogP contribution in [0.4, 0.5) is 0 Å². The first-order valence-electron chi connectivity index (χ1n) is 1.58. The number of carbonyl (C=O) groups is 1. The lowest BCUT2D eigenvalue weighted by atomic mass is 10.8. The highest BCUT2D eigenvalue weighted by Gasteiger charge is 2.22. The van der Waals surface area contributed by atoms with E-state index in [1.54, 1.807) is 0 Å². The minimum Gasteiger partial charge on any atom is -0.402 e. The number of hydrogen-bond acceptors (Lipinski definition) is 3. The van der Waals surface area contributed by atoms with Gasteiger partial charge in [0.25, 0.3) is 0 Å². The molecule has 0 aliphatic carbocycles. The first-order valence-corrected chi connectivity index (χ1v) is 3.67. The van der Waals surface area contributed by atoms with E-state index in [0.29, 0.717) is 0 Å². The normalized spacial score (nSPS) is 30.4. The molecule has 1 rings (SSSR count). The van der Waals surface area contributed by atoms with Gasteiger partial charge < -0.3 is 9.05 Å². The SMILES string of the molecule is O=C1COP(Cl)O1. The topological polar surface area (TPSA) is 35.5 Å². The van der Waals surface area contributed by atoms with Gasteiger partial charge in [-0.3, -0.25) is 0 Å². The monoisotopic (exact) mass is 140 g/mol. The van der Waals surface area contributed by atoms with Crippen molar-refractivity contribution in [1.82, 2.24) is 0 Å². The highest BCUT2D eigenvalue weighted by Crippen LogP contribution is 2.47. The van der Waals surface area contributed by atoms with Crippen LogP contribution in [0.25, 0.3) is 0 Å². The molecular weight excluding hydrogens is 138 g/mol. The fraction of sp³-hybridized carbons (Fsp3) is 0.500. The molecule has 1 atom stereocenters. The predicted octanol–water partition coefficient (Wildman–Crippen LogP) is 1.03. The summed E-state index contributed by atoms with van der Waals surface area (Å²) in [5, 5.41) is 0. The summed E-state index contributed by atoms with van der Waals surface area (Å²) in [5.74, 6) is -0.374. The van der Waals surface area contributed by atoms with Crippen molar-refractivity contribution in [3.05, 3.63) is 0 Å².